The number of carbonyl (C=O) groups excluding carboxylic acids is 1. The summed E-state index contributed by atoms with van der Waals surface area (Å²) in [4.78, 5) is 42.1. The van der Waals surface area contributed by atoms with Gasteiger partial charge in [0.2, 0.25) is 0 Å². The van der Waals surface area contributed by atoms with Crippen molar-refractivity contribution in [2.45, 2.75) is 31.7 Å². The number of aromatic nitrogens is 2. The fraction of sp³-hybridized carbons (Fsp3) is 0.421. The van der Waals surface area contributed by atoms with E-state index in [1.807, 2.05) is 18.2 Å². The van der Waals surface area contributed by atoms with Crippen molar-refractivity contribution in [3.8, 4) is 0 Å². The van der Waals surface area contributed by atoms with E-state index in [1.54, 1.807) is 0 Å². The summed E-state index contributed by atoms with van der Waals surface area (Å²) in [7, 11) is 0. The zero-order valence-electron chi connectivity index (χ0n) is 14.7. The number of H-pyrrole nitrogens is 2. The summed E-state index contributed by atoms with van der Waals surface area (Å²) in [5.41, 5.74) is -0.257. The second-order valence-corrected chi connectivity index (χ2v) is 6.57. The monoisotopic (exact) mass is 356 g/mol. The Bertz CT molecular complexity index is 836. The second-order valence-electron chi connectivity index (χ2n) is 6.57. The summed E-state index contributed by atoms with van der Waals surface area (Å²) in [6.07, 6.45) is 5.92. The largest absolute Gasteiger partial charge is 0.350 e. The van der Waals surface area contributed by atoms with Gasteiger partial charge >= 0.3 is 5.69 Å². The van der Waals surface area contributed by atoms with E-state index in [-0.39, 0.29) is 11.6 Å². The first-order chi connectivity index (χ1) is 12.6. The Morgan fingerprint density at radius 1 is 1.08 bits per heavy atom. The van der Waals surface area contributed by atoms with Crippen molar-refractivity contribution >= 4 is 5.91 Å². The van der Waals surface area contributed by atoms with Crippen LogP contribution < -0.4 is 16.6 Å². The first-order valence-corrected chi connectivity index (χ1v) is 9.04. The van der Waals surface area contributed by atoms with E-state index < -0.39 is 17.2 Å². The van der Waals surface area contributed by atoms with Gasteiger partial charge in [-0.2, -0.15) is 0 Å². The summed E-state index contributed by atoms with van der Waals surface area (Å²) >= 11 is 0. The molecular formula is C19H24N4O3. The minimum atomic E-state index is -0.683. The SMILES string of the molecule is O=C(NCC(c1ccccc1)N1CCCCCC1)c1c[nH]c(=O)[nH]c1=O. The van der Waals surface area contributed by atoms with Crippen LogP contribution in [0.2, 0.25) is 0 Å². The predicted octanol–water partition coefficient (Wildman–Crippen LogP) is 1.41. The van der Waals surface area contributed by atoms with Crippen LogP contribution in [0.15, 0.2) is 46.1 Å². The lowest BCUT2D eigenvalue weighted by atomic mass is 10.0. The van der Waals surface area contributed by atoms with Crippen molar-refractivity contribution < 1.29 is 4.79 Å². The number of nitrogens with zero attached hydrogens (tertiary/aromatic N) is 1. The summed E-state index contributed by atoms with van der Waals surface area (Å²) in [6.45, 7) is 2.39. The highest BCUT2D eigenvalue weighted by atomic mass is 16.2. The van der Waals surface area contributed by atoms with E-state index in [1.165, 1.54) is 12.8 Å². The smallest absolute Gasteiger partial charge is 0.325 e. The Hall–Kier alpha value is -2.67. The number of amides is 1. The third-order valence-electron chi connectivity index (χ3n) is 4.79. The number of hydrogen-bond donors (Lipinski definition) is 3. The highest BCUT2D eigenvalue weighted by Crippen LogP contribution is 2.23. The average molecular weight is 356 g/mol. The molecule has 1 aromatic carbocycles. The maximum Gasteiger partial charge on any atom is 0.325 e. The molecule has 2 aromatic rings. The molecule has 1 unspecified atom stereocenters. The van der Waals surface area contributed by atoms with Crippen LogP contribution in [0.5, 0.6) is 0 Å². The number of aromatic amines is 2. The van der Waals surface area contributed by atoms with Gasteiger partial charge < -0.3 is 10.3 Å². The molecule has 7 heteroatoms. The summed E-state index contributed by atoms with van der Waals surface area (Å²) in [5.74, 6) is -0.488. The Morgan fingerprint density at radius 2 is 1.77 bits per heavy atom. The summed E-state index contributed by atoms with van der Waals surface area (Å²) in [5, 5.41) is 2.85. The third kappa shape index (κ3) is 4.49. The second kappa shape index (κ2) is 8.62. The number of rotatable bonds is 5. The van der Waals surface area contributed by atoms with Gasteiger partial charge in [-0.05, 0) is 31.5 Å². The number of benzene rings is 1. The zero-order valence-corrected chi connectivity index (χ0v) is 14.7. The third-order valence-corrected chi connectivity index (χ3v) is 4.79. The van der Waals surface area contributed by atoms with Gasteiger partial charge in [0.05, 0.1) is 6.04 Å². The van der Waals surface area contributed by atoms with Gasteiger partial charge in [0.25, 0.3) is 11.5 Å². The first kappa shape index (κ1) is 18.1. The molecule has 0 bridgehead atoms. The van der Waals surface area contributed by atoms with Gasteiger partial charge in [0.1, 0.15) is 5.56 Å². The number of nitrogens with one attached hydrogen (secondary N) is 3. The molecule has 7 nitrogen and oxygen atoms in total. The molecule has 0 saturated carbocycles. The molecule has 2 heterocycles. The van der Waals surface area contributed by atoms with Crippen molar-refractivity contribution in [3.05, 3.63) is 68.5 Å². The normalized spacial score (nSPS) is 16.6. The van der Waals surface area contributed by atoms with Gasteiger partial charge in [-0.25, -0.2) is 4.79 Å². The van der Waals surface area contributed by atoms with Gasteiger partial charge in [-0.1, -0.05) is 43.2 Å². The van der Waals surface area contributed by atoms with E-state index in [2.05, 4.69) is 32.3 Å². The lowest BCUT2D eigenvalue weighted by Gasteiger charge is -2.31. The van der Waals surface area contributed by atoms with E-state index >= 15 is 0 Å². The Morgan fingerprint density at radius 3 is 2.42 bits per heavy atom. The summed E-state index contributed by atoms with van der Waals surface area (Å²) < 4.78 is 0. The van der Waals surface area contributed by atoms with Crippen LogP contribution in [0.25, 0.3) is 0 Å². The van der Waals surface area contributed by atoms with Crippen LogP contribution in [0, 0.1) is 0 Å². The topological polar surface area (TPSA) is 98.1 Å². The number of likely N-dealkylation sites (tertiary alicyclic amines) is 1. The molecule has 0 radical (unpaired) electrons. The Labute approximate surface area is 151 Å². The lowest BCUT2D eigenvalue weighted by molar-refractivity contribution is 0.0931. The molecule has 3 rings (SSSR count). The molecule has 1 aliphatic rings. The first-order valence-electron chi connectivity index (χ1n) is 9.04. The minimum Gasteiger partial charge on any atom is -0.350 e. The van der Waals surface area contributed by atoms with E-state index in [4.69, 9.17) is 0 Å². The fourth-order valence-electron chi connectivity index (χ4n) is 3.40. The lowest BCUT2D eigenvalue weighted by Crippen LogP contribution is -2.40. The molecule has 138 valence electrons. The van der Waals surface area contributed by atoms with Gasteiger partial charge in [0.15, 0.2) is 0 Å². The van der Waals surface area contributed by atoms with Gasteiger partial charge in [-0.15, -0.1) is 0 Å². The molecular weight excluding hydrogens is 332 g/mol. The molecule has 1 atom stereocenters. The molecule has 1 amide bonds. The van der Waals surface area contributed by atoms with Crippen LogP contribution in [-0.4, -0.2) is 40.4 Å². The molecule has 1 fully saturated rings. The highest BCUT2D eigenvalue weighted by molar-refractivity contribution is 5.93. The van der Waals surface area contributed by atoms with E-state index in [0.29, 0.717) is 6.54 Å². The molecule has 3 N–H and O–H groups in total. The van der Waals surface area contributed by atoms with Crippen molar-refractivity contribution in [3.63, 3.8) is 0 Å². The van der Waals surface area contributed by atoms with Crippen LogP contribution in [-0.2, 0) is 0 Å². The van der Waals surface area contributed by atoms with E-state index in [9.17, 15) is 14.4 Å². The van der Waals surface area contributed by atoms with Gasteiger partial charge in [-0.3, -0.25) is 19.5 Å². The molecule has 1 saturated heterocycles. The van der Waals surface area contributed by atoms with Crippen molar-refractivity contribution in [2.75, 3.05) is 19.6 Å². The van der Waals surface area contributed by atoms with Crippen molar-refractivity contribution in [1.29, 1.82) is 0 Å². The minimum absolute atomic E-state index is 0.0556. The predicted molar refractivity (Wildman–Crippen MR) is 99.2 cm³/mol. The highest BCUT2D eigenvalue weighted by Gasteiger charge is 2.22. The van der Waals surface area contributed by atoms with Crippen molar-refractivity contribution in [1.82, 2.24) is 20.2 Å². The maximum absolute atomic E-state index is 12.4. The Balaban J connectivity index is 1.76. The quantitative estimate of drug-likeness (QED) is 0.754. The van der Waals surface area contributed by atoms with Crippen LogP contribution in [0.1, 0.15) is 47.6 Å². The van der Waals surface area contributed by atoms with E-state index in [0.717, 1.165) is 37.7 Å². The average Bonchev–Trinajstić information content (AvgIpc) is 2.92. The van der Waals surface area contributed by atoms with Crippen LogP contribution in [0.4, 0.5) is 0 Å². The van der Waals surface area contributed by atoms with Crippen LogP contribution >= 0.6 is 0 Å². The van der Waals surface area contributed by atoms with Crippen molar-refractivity contribution in [2.24, 2.45) is 0 Å². The molecule has 26 heavy (non-hydrogen) atoms. The number of hydrogen-bond acceptors (Lipinski definition) is 4. The molecule has 1 aromatic heterocycles. The van der Waals surface area contributed by atoms with Crippen LogP contribution in [0.3, 0.4) is 0 Å². The van der Waals surface area contributed by atoms with Gasteiger partial charge in [0, 0.05) is 12.7 Å². The standard InChI is InChI=1S/C19H24N4O3/c24-17(15-12-21-19(26)22-18(15)25)20-13-16(14-8-4-3-5-9-14)23-10-6-1-2-7-11-23/h3-5,8-9,12,16H,1-2,6-7,10-11,13H2,(H,20,24)(H2,21,22,25,26). The zero-order chi connectivity index (χ0) is 18.4. The number of carbonyl (C=O) groups is 1. The Kier molecular flexibility index (Phi) is 6.01. The molecule has 0 aliphatic carbocycles. The summed E-state index contributed by atoms with van der Waals surface area (Å²) in [6, 6.07) is 10.1. The molecule has 0 spiro atoms. The fourth-order valence-corrected chi connectivity index (χ4v) is 3.40. The molecule has 1 aliphatic heterocycles. The maximum atomic E-state index is 12.4.